The molecule has 2 N–H and O–H groups in total. The highest BCUT2D eigenvalue weighted by Crippen LogP contribution is 2.37. The molecule has 0 spiro atoms. The lowest BCUT2D eigenvalue weighted by Crippen LogP contribution is -2.58. The van der Waals surface area contributed by atoms with Crippen LogP contribution in [0.3, 0.4) is 0 Å². The number of hydrogen-bond donors (Lipinski definition) is 1. The van der Waals surface area contributed by atoms with Gasteiger partial charge in [0.15, 0.2) is 0 Å². The number of piperidine rings is 1. The van der Waals surface area contributed by atoms with Crippen molar-refractivity contribution >= 4 is 0 Å². The van der Waals surface area contributed by atoms with Gasteiger partial charge in [-0.3, -0.25) is 9.80 Å². The third-order valence-corrected chi connectivity index (χ3v) is 5.67. The van der Waals surface area contributed by atoms with E-state index in [1.807, 2.05) is 0 Å². The van der Waals surface area contributed by atoms with Gasteiger partial charge in [0, 0.05) is 31.2 Å². The molecule has 0 radical (unpaired) electrons. The average Bonchev–Trinajstić information content (AvgIpc) is 3.19. The minimum absolute atomic E-state index is 0.321. The number of nitrogens with zero attached hydrogens (tertiary/aromatic N) is 2. The maximum absolute atomic E-state index is 6.18. The van der Waals surface area contributed by atoms with Gasteiger partial charge in [-0.25, -0.2) is 0 Å². The molecular formula is C15H29N3. The summed E-state index contributed by atoms with van der Waals surface area (Å²) < 4.78 is 0. The summed E-state index contributed by atoms with van der Waals surface area (Å²) in [6, 6.07) is 0.909. The Kier molecular flexibility index (Phi) is 3.65. The predicted octanol–water partition coefficient (Wildman–Crippen LogP) is 1.67. The number of nitrogens with two attached hydrogens (primary N) is 1. The molecule has 3 fully saturated rings. The van der Waals surface area contributed by atoms with Crippen LogP contribution in [0, 0.1) is 5.92 Å². The molecule has 1 saturated carbocycles. The Morgan fingerprint density at radius 1 is 1.11 bits per heavy atom. The van der Waals surface area contributed by atoms with E-state index in [0.29, 0.717) is 5.54 Å². The van der Waals surface area contributed by atoms with Gasteiger partial charge in [-0.05, 0) is 51.1 Å². The SMILES string of the molecule is CCC1CCN(C2(CN)CCN(C3CC3)C2)CC1. The van der Waals surface area contributed by atoms with E-state index in [2.05, 4.69) is 16.7 Å². The van der Waals surface area contributed by atoms with Crippen molar-refractivity contribution in [2.24, 2.45) is 11.7 Å². The molecule has 3 heteroatoms. The van der Waals surface area contributed by atoms with Gasteiger partial charge in [-0.2, -0.15) is 0 Å². The molecule has 0 aromatic carbocycles. The van der Waals surface area contributed by atoms with Crippen molar-refractivity contribution in [2.45, 2.75) is 57.0 Å². The van der Waals surface area contributed by atoms with Crippen molar-refractivity contribution in [2.75, 3.05) is 32.7 Å². The fourth-order valence-corrected chi connectivity index (χ4v) is 4.01. The van der Waals surface area contributed by atoms with Gasteiger partial charge in [0.1, 0.15) is 0 Å². The van der Waals surface area contributed by atoms with Crippen molar-refractivity contribution in [1.82, 2.24) is 9.80 Å². The quantitative estimate of drug-likeness (QED) is 0.825. The summed E-state index contributed by atoms with van der Waals surface area (Å²) in [4.78, 5) is 5.44. The maximum Gasteiger partial charge on any atom is 0.0470 e. The summed E-state index contributed by atoms with van der Waals surface area (Å²) in [6.07, 6.45) is 8.30. The van der Waals surface area contributed by atoms with Gasteiger partial charge in [-0.1, -0.05) is 13.3 Å². The third-order valence-electron chi connectivity index (χ3n) is 5.67. The van der Waals surface area contributed by atoms with E-state index < -0.39 is 0 Å². The van der Waals surface area contributed by atoms with E-state index in [1.165, 1.54) is 64.7 Å². The average molecular weight is 251 g/mol. The van der Waals surface area contributed by atoms with Crippen LogP contribution in [0.5, 0.6) is 0 Å². The van der Waals surface area contributed by atoms with Crippen LogP contribution in [-0.4, -0.2) is 54.1 Å². The largest absolute Gasteiger partial charge is 0.329 e. The summed E-state index contributed by atoms with van der Waals surface area (Å²) in [7, 11) is 0. The van der Waals surface area contributed by atoms with Gasteiger partial charge in [0.2, 0.25) is 0 Å². The lowest BCUT2D eigenvalue weighted by atomic mass is 9.88. The van der Waals surface area contributed by atoms with Gasteiger partial charge >= 0.3 is 0 Å². The van der Waals surface area contributed by atoms with Crippen LogP contribution in [-0.2, 0) is 0 Å². The van der Waals surface area contributed by atoms with E-state index in [4.69, 9.17) is 5.73 Å². The van der Waals surface area contributed by atoms with Crippen LogP contribution in [0.2, 0.25) is 0 Å². The van der Waals surface area contributed by atoms with Crippen molar-refractivity contribution in [3.8, 4) is 0 Å². The molecule has 0 bridgehead atoms. The molecule has 1 atom stereocenters. The lowest BCUT2D eigenvalue weighted by Gasteiger charge is -2.44. The van der Waals surface area contributed by atoms with E-state index in [1.54, 1.807) is 0 Å². The number of rotatable bonds is 4. The zero-order chi connectivity index (χ0) is 12.6. The van der Waals surface area contributed by atoms with Gasteiger partial charge in [-0.15, -0.1) is 0 Å². The van der Waals surface area contributed by atoms with Crippen molar-refractivity contribution < 1.29 is 0 Å². The monoisotopic (exact) mass is 251 g/mol. The molecule has 3 rings (SSSR count). The molecule has 0 aromatic heterocycles. The zero-order valence-corrected chi connectivity index (χ0v) is 11.9. The lowest BCUT2D eigenvalue weighted by molar-refractivity contribution is 0.0584. The van der Waals surface area contributed by atoms with Crippen LogP contribution < -0.4 is 5.73 Å². The summed E-state index contributed by atoms with van der Waals surface area (Å²) in [5, 5.41) is 0. The second kappa shape index (κ2) is 5.10. The Bertz CT molecular complexity index is 281. The van der Waals surface area contributed by atoms with Gasteiger partial charge in [0.05, 0.1) is 0 Å². The molecule has 18 heavy (non-hydrogen) atoms. The summed E-state index contributed by atoms with van der Waals surface area (Å²) in [6.45, 7) is 8.29. The molecule has 3 aliphatic rings. The Balaban J connectivity index is 1.61. The van der Waals surface area contributed by atoms with Crippen LogP contribution in [0.4, 0.5) is 0 Å². The van der Waals surface area contributed by atoms with Crippen molar-refractivity contribution in [1.29, 1.82) is 0 Å². The Morgan fingerprint density at radius 3 is 2.39 bits per heavy atom. The third kappa shape index (κ3) is 2.33. The second-order valence-corrected chi connectivity index (χ2v) is 6.72. The van der Waals surface area contributed by atoms with Gasteiger partial charge < -0.3 is 5.73 Å². The first-order chi connectivity index (χ1) is 8.77. The highest BCUT2D eigenvalue weighted by atomic mass is 15.3. The van der Waals surface area contributed by atoms with Crippen LogP contribution in [0.15, 0.2) is 0 Å². The Labute approximate surface area is 112 Å². The van der Waals surface area contributed by atoms with E-state index >= 15 is 0 Å². The first-order valence-corrected chi connectivity index (χ1v) is 7.96. The fraction of sp³-hybridized carbons (Fsp3) is 1.00. The molecular weight excluding hydrogens is 222 g/mol. The fourth-order valence-electron chi connectivity index (χ4n) is 4.01. The highest BCUT2D eigenvalue weighted by molar-refractivity contribution is 5.04. The first-order valence-electron chi connectivity index (χ1n) is 7.96. The summed E-state index contributed by atoms with van der Waals surface area (Å²) in [5.41, 5.74) is 6.50. The molecule has 1 unspecified atom stereocenters. The van der Waals surface area contributed by atoms with Crippen LogP contribution in [0.25, 0.3) is 0 Å². The summed E-state index contributed by atoms with van der Waals surface area (Å²) in [5.74, 6) is 0.969. The van der Waals surface area contributed by atoms with Crippen molar-refractivity contribution in [3.63, 3.8) is 0 Å². The molecule has 2 saturated heterocycles. The molecule has 104 valence electrons. The molecule has 0 amide bonds. The topological polar surface area (TPSA) is 32.5 Å². The molecule has 0 aromatic rings. The van der Waals surface area contributed by atoms with Gasteiger partial charge in [0.25, 0.3) is 0 Å². The highest BCUT2D eigenvalue weighted by Gasteiger charge is 2.46. The Morgan fingerprint density at radius 2 is 1.83 bits per heavy atom. The molecule has 3 nitrogen and oxygen atoms in total. The molecule has 2 aliphatic heterocycles. The van der Waals surface area contributed by atoms with Crippen LogP contribution in [0.1, 0.15) is 45.4 Å². The molecule has 2 heterocycles. The number of likely N-dealkylation sites (tertiary alicyclic amines) is 2. The molecule has 1 aliphatic carbocycles. The summed E-state index contributed by atoms with van der Waals surface area (Å²) >= 11 is 0. The Hall–Kier alpha value is -0.120. The minimum atomic E-state index is 0.321. The predicted molar refractivity (Wildman–Crippen MR) is 75.6 cm³/mol. The number of hydrogen-bond acceptors (Lipinski definition) is 3. The van der Waals surface area contributed by atoms with Crippen LogP contribution >= 0.6 is 0 Å². The zero-order valence-electron chi connectivity index (χ0n) is 11.9. The second-order valence-electron chi connectivity index (χ2n) is 6.72. The standard InChI is InChI=1S/C15H29N3/c1-2-13-5-8-18(9-6-13)15(11-16)7-10-17(12-15)14-3-4-14/h13-14H,2-12,16H2,1H3. The first kappa shape index (κ1) is 12.9. The van der Waals surface area contributed by atoms with E-state index in [0.717, 1.165) is 18.5 Å². The van der Waals surface area contributed by atoms with E-state index in [9.17, 15) is 0 Å². The van der Waals surface area contributed by atoms with E-state index in [-0.39, 0.29) is 0 Å². The normalized spacial score (nSPS) is 36.3. The minimum Gasteiger partial charge on any atom is -0.329 e. The smallest absolute Gasteiger partial charge is 0.0470 e. The van der Waals surface area contributed by atoms with Crippen molar-refractivity contribution in [3.05, 3.63) is 0 Å². The maximum atomic E-state index is 6.18.